The summed E-state index contributed by atoms with van der Waals surface area (Å²) < 4.78 is 11.2. The number of hydrogen-bond donors (Lipinski definition) is 0. The molecule has 1 aliphatic carbocycles. The Labute approximate surface area is 129 Å². The van der Waals surface area contributed by atoms with Crippen LogP contribution in [0.3, 0.4) is 0 Å². The lowest BCUT2D eigenvalue weighted by atomic mass is 10.2. The molecule has 2 aromatic rings. The van der Waals surface area contributed by atoms with Gasteiger partial charge in [-0.25, -0.2) is 4.98 Å². The summed E-state index contributed by atoms with van der Waals surface area (Å²) in [4.78, 5) is 11.4. The monoisotopic (exact) mass is 302 g/mol. The van der Waals surface area contributed by atoms with E-state index in [1.165, 1.54) is 12.8 Å². The van der Waals surface area contributed by atoms with Crippen molar-refractivity contribution in [1.82, 2.24) is 20.0 Å². The smallest absolute Gasteiger partial charge is 0.229 e. The Morgan fingerprint density at radius 3 is 2.91 bits per heavy atom. The summed E-state index contributed by atoms with van der Waals surface area (Å²) in [5.41, 5.74) is 0. The van der Waals surface area contributed by atoms with Gasteiger partial charge in [0.1, 0.15) is 5.76 Å². The third-order valence-corrected chi connectivity index (χ3v) is 4.52. The molecule has 0 aromatic carbocycles. The van der Waals surface area contributed by atoms with Crippen LogP contribution in [-0.2, 0) is 6.54 Å². The standard InChI is InChI=1S/C16H22N4O2/c1-10(2)13-8-17-14(21-13)9-20-7-3-4-12(20)15-18-16(22-19-15)11-5-6-11/h8,10-12H,3-7,9H2,1-2H3/t12-/m0/s1. The van der Waals surface area contributed by atoms with Crippen molar-refractivity contribution in [1.29, 1.82) is 0 Å². The highest BCUT2D eigenvalue weighted by Gasteiger charge is 2.34. The Bertz CT molecular complexity index is 644. The summed E-state index contributed by atoms with van der Waals surface area (Å²) >= 11 is 0. The first-order valence-electron chi connectivity index (χ1n) is 8.23. The van der Waals surface area contributed by atoms with Crippen molar-refractivity contribution >= 4 is 0 Å². The fourth-order valence-corrected chi connectivity index (χ4v) is 3.02. The molecule has 3 heterocycles. The predicted molar refractivity (Wildman–Crippen MR) is 79.3 cm³/mol. The molecular weight excluding hydrogens is 280 g/mol. The van der Waals surface area contributed by atoms with Gasteiger partial charge in [-0.1, -0.05) is 19.0 Å². The van der Waals surface area contributed by atoms with Gasteiger partial charge in [-0.15, -0.1) is 0 Å². The van der Waals surface area contributed by atoms with Crippen LogP contribution in [0.25, 0.3) is 0 Å². The fraction of sp³-hybridized carbons (Fsp3) is 0.688. The third kappa shape index (κ3) is 2.67. The summed E-state index contributed by atoms with van der Waals surface area (Å²) in [6, 6.07) is 0.227. The van der Waals surface area contributed by atoms with Crippen LogP contribution in [0, 0.1) is 0 Å². The van der Waals surface area contributed by atoms with Crippen molar-refractivity contribution in [3.05, 3.63) is 29.6 Å². The van der Waals surface area contributed by atoms with Gasteiger partial charge < -0.3 is 8.94 Å². The summed E-state index contributed by atoms with van der Waals surface area (Å²) in [7, 11) is 0. The van der Waals surface area contributed by atoms with Gasteiger partial charge in [0.15, 0.2) is 5.82 Å². The predicted octanol–water partition coefficient (Wildman–Crippen LogP) is 3.40. The van der Waals surface area contributed by atoms with Gasteiger partial charge in [0.25, 0.3) is 0 Å². The molecule has 22 heavy (non-hydrogen) atoms. The van der Waals surface area contributed by atoms with E-state index < -0.39 is 0 Å². The molecule has 0 N–H and O–H groups in total. The van der Waals surface area contributed by atoms with E-state index in [0.717, 1.165) is 42.8 Å². The molecule has 0 radical (unpaired) electrons. The molecule has 1 saturated carbocycles. The normalized spacial score (nSPS) is 22.8. The molecule has 2 aliphatic rings. The molecular formula is C16H22N4O2. The maximum absolute atomic E-state index is 5.83. The SMILES string of the molecule is CC(C)c1cnc(CN2CCC[C@H]2c2noc(C3CC3)n2)o1. The summed E-state index contributed by atoms with van der Waals surface area (Å²) in [6.45, 7) is 5.96. The first-order valence-corrected chi connectivity index (χ1v) is 8.23. The zero-order valence-electron chi connectivity index (χ0n) is 13.2. The van der Waals surface area contributed by atoms with Crippen LogP contribution in [0.2, 0.25) is 0 Å². The summed E-state index contributed by atoms with van der Waals surface area (Å²) in [5.74, 6) is 4.25. The number of nitrogens with zero attached hydrogens (tertiary/aromatic N) is 4. The van der Waals surface area contributed by atoms with Crippen molar-refractivity contribution in [2.75, 3.05) is 6.54 Å². The van der Waals surface area contributed by atoms with Crippen molar-refractivity contribution in [2.24, 2.45) is 0 Å². The second-order valence-electron chi connectivity index (χ2n) is 6.70. The molecule has 1 atom stereocenters. The minimum Gasteiger partial charge on any atom is -0.444 e. The van der Waals surface area contributed by atoms with Crippen LogP contribution in [0.15, 0.2) is 15.1 Å². The second kappa shape index (κ2) is 5.50. The molecule has 118 valence electrons. The third-order valence-electron chi connectivity index (χ3n) is 4.52. The van der Waals surface area contributed by atoms with Crippen LogP contribution in [-0.4, -0.2) is 26.6 Å². The molecule has 1 aliphatic heterocycles. The first kappa shape index (κ1) is 13.9. The van der Waals surface area contributed by atoms with Crippen LogP contribution in [0.5, 0.6) is 0 Å². The Morgan fingerprint density at radius 2 is 2.18 bits per heavy atom. The molecule has 4 rings (SSSR count). The van der Waals surface area contributed by atoms with Crippen LogP contribution < -0.4 is 0 Å². The van der Waals surface area contributed by atoms with E-state index in [-0.39, 0.29) is 6.04 Å². The average Bonchev–Trinajstić information content (AvgIpc) is 2.95. The van der Waals surface area contributed by atoms with Crippen LogP contribution >= 0.6 is 0 Å². The van der Waals surface area contributed by atoms with Gasteiger partial charge >= 0.3 is 0 Å². The van der Waals surface area contributed by atoms with Gasteiger partial charge in [0, 0.05) is 11.8 Å². The number of likely N-dealkylation sites (tertiary alicyclic amines) is 1. The average molecular weight is 302 g/mol. The quantitative estimate of drug-likeness (QED) is 0.843. The number of aromatic nitrogens is 3. The molecule has 6 heteroatoms. The van der Waals surface area contributed by atoms with E-state index in [1.807, 2.05) is 6.20 Å². The molecule has 6 nitrogen and oxygen atoms in total. The van der Waals surface area contributed by atoms with Gasteiger partial charge in [0.05, 0.1) is 18.8 Å². The molecule has 0 unspecified atom stereocenters. The molecule has 0 amide bonds. The molecule has 1 saturated heterocycles. The van der Waals surface area contributed by atoms with E-state index in [2.05, 4.69) is 33.9 Å². The largest absolute Gasteiger partial charge is 0.444 e. The maximum Gasteiger partial charge on any atom is 0.229 e. The van der Waals surface area contributed by atoms with Crippen molar-refractivity contribution in [3.63, 3.8) is 0 Å². The van der Waals surface area contributed by atoms with Gasteiger partial charge in [0.2, 0.25) is 11.8 Å². The molecule has 0 spiro atoms. The zero-order valence-corrected chi connectivity index (χ0v) is 13.2. The van der Waals surface area contributed by atoms with Crippen LogP contribution in [0.4, 0.5) is 0 Å². The topological polar surface area (TPSA) is 68.2 Å². The lowest BCUT2D eigenvalue weighted by molar-refractivity contribution is 0.210. The number of oxazole rings is 1. The highest BCUT2D eigenvalue weighted by Crippen LogP contribution is 2.40. The Balaban J connectivity index is 1.47. The number of rotatable bonds is 5. The summed E-state index contributed by atoms with van der Waals surface area (Å²) in [6.07, 6.45) is 6.43. The van der Waals surface area contributed by atoms with Crippen LogP contribution in [0.1, 0.15) is 80.8 Å². The molecule has 2 aromatic heterocycles. The highest BCUT2D eigenvalue weighted by atomic mass is 16.5. The lowest BCUT2D eigenvalue weighted by Crippen LogP contribution is -2.23. The Kier molecular flexibility index (Phi) is 3.48. The minimum absolute atomic E-state index is 0.227. The zero-order chi connectivity index (χ0) is 15.1. The lowest BCUT2D eigenvalue weighted by Gasteiger charge is -2.19. The van der Waals surface area contributed by atoms with Gasteiger partial charge in [-0.05, 0) is 32.2 Å². The second-order valence-corrected chi connectivity index (χ2v) is 6.70. The Morgan fingerprint density at radius 1 is 1.32 bits per heavy atom. The van der Waals surface area contributed by atoms with Crippen molar-refractivity contribution in [3.8, 4) is 0 Å². The van der Waals surface area contributed by atoms with Gasteiger partial charge in [-0.2, -0.15) is 4.98 Å². The fourth-order valence-electron chi connectivity index (χ4n) is 3.02. The van der Waals surface area contributed by atoms with Gasteiger partial charge in [-0.3, -0.25) is 4.90 Å². The highest BCUT2D eigenvalue weighted by molar-refractivity contribution is 5.06. The van der Waals surface area contributed by atoms with Crippen molar-refractivity contribution < 1.29 is 8.94 Å². The van der Waals surface area contributed by atoms with E-state index in [9.17, 15) is 0 Å². The van der Waals surface area contributed by atoms with E-state index in [4.69, 9.17) is 8.94 Å². The maximum atomic E-state index is 5.83. The van der Waals surface area contributed by atoms with Crippen molar-refractivity contribution in [2.45, 2.75) is 64.0 Å². The number of hydrogen-bond acceptors (Lipinski definition) is 6. The first-order chi connectivity index (χ1) is 10.7. The molecule has 2 fully saturated rings. The summed E-state index contributed by atoms with van der Waals surface area (Å²) in [5, 5.41) is 4.21. The minimum atomic E-state index is 0.227. The molecule has 0 bridgehead atoms. The Hall–Kier alpha value is -1.69. The van der Waals surface area contributed by atoms with E-state index >= 15 is 0 Å². The van der Waals surface area contributed by atoms with E-state index in [0.29, 0.717) is 18.4 Å². The van der Waals surface area contributed by atoms with E-state index in [1.54, 1.807) is 0 Å².